The number of hydrogen-bond acceptors (Lipinski definition) is 9. The molecule has 1 saturated heterocycles. The van der Waals surface area contributed by atoms with Gasteiger partial charge in [-0.3, -0.25) is 0 Å². The van der Waals surface area contributed by atoms with Gasteiger partial charge in [-0.1, -0.05) is 26.3 Å². The van der Waals surface area contributed by atoms with Crippen molar-refractivity contribution in [2.75, 3.05) is 39.6 Å². The largest absolute Gasteiger partial charge is 0.478 e. The third-order valence-electron chi connectivity index (χ3n) is 2.24. The number of aliphatic hydroxyl groups excluding tert-OH is 4. The first kappa shape index (κ1) is 39.2. The van der Waals surface area contributed by atoms with Gasteiger partial charge in [0.2, 0.25) is 0 Å². The van der Waals surface area contributed by atoms with E-state index in [-0.39, 0.29) is 0 Å². The van der Waals surface area contributed by atoms with E-state index in [1.807, 2.05) is 0 Å². The van der Waals surface area contributed by atoms with Gasteiger partial charge in [-0.25, -0.2) is 19.2 Å². The molecule has 0 bridgehead atoms. The highest BCUT2D eigenvalue weighted by Crippen LogP contribution is 2.11. The van der Waals surface area contributed by atoms with Crippen molar-refractivity contribution in [3.63, 3.8) is 0 Å². The Morgan fingerprint density at radius 3 is 0.719 bits per heavy atom. The van der Waals surface area contributed by atoms with Crippen LogP contribution in [0.3, 0.4) is 0 Å². The SMILES string of the molecule is C1CO1.C=CC(=O)O.C=CC(=O)O.C=CC(=O)O.C=CC(=O)O.OCC(CO)(CO)CO. The molecule has 186 valence electrons. The molecule has 0 radical (unpaired) electrons. The molecule has 1 aliphatic rings. The number of ether oxygens (including phenoxy) is 1. The van der Waals surface area contributed by atoms with Crippen LogP contribution in [0.5, 0.6) is 0 Å². The summed E-state index contributed by atoms with van der Waals surface area (Å²) in [6.07, 6.45) is 3.33. The molecule has 0 aromatic carbocycles. The fraction of sp³-hybridized carbons (Fsp3) is 0.368. The molecule has 0 aromatic heterocycles. The topological polar surface area (TPSA) is 243 Å². The van der Waals surface area contributed by atoms with Crippen molar-refractivity contribution in [3.05, 3.63) is 50.6 Å². The molecule has 0 saturated carbocycles. The average Bonchev–Trinajstić information content (AvgIpc) is 3.67. The minimum Gasteiger partial charge on any atom is -0.478 e. The summed E-state index contributed by atoms with van der Waals surface area (Å²) in [5.41, 5.74) is -1.11. The molecule has 1 aliphatic heterocycles. The molecule has 0 aromatic rings. The van der Waals surface area contributed by atoms with Gasteiger partial charge in [-0.15, -0.1) is 0 Å². The van der Waals surface area contributed by atoms with Gasteiger partial charge in [0.05, 0.1) is 45.1 Å². The van der Waals surface area contributed by atoms with E-state index in [0.29, 0.717) is 0 Å². The van der Waals surface area contributed by atoms with Crippen LogP contribution in [0.1, 0.15) is 0 Å². The molecule has 13 nitrogen and oxygen atoms in total. The third kappa shape index (κ3) is 56.3. The van der Waals surface area contributed by atoms with E-state index in [1.165, 1.54) is 0 Å². The van der Waals surface area contributed by atoms with Gasteiger partial charge in [0, 0.05) is 24.3 Å². The standard InChI is InChI=1S/C5H12O4.4C3H4O2.C2H4O/c6-1-5(2-7,3-8)4-9;4*1-2-3(4)5;1-2-3-1/h6-9H,1-4H2;4*2H,1H2,(H,4,5);1-2H2. The lowest BCUT2D eigenvalue weighted by Gasteiger charge is -2.23. The van der Waals surface area contributed by atoms with Gasteiger partial charge in [-0.05, 0) is 0 Å². The van der Waals surface area contributed by atoms with Gasteiger partial charge in [-0.2, -0.15) is 0 Å². The molecule has 1 rings (SSSR count). The summed E-state index contributed by atoms with van der Waals surface area (Å²) in [6, 6.07) is 0. The highest BCUT2D eigenvalue weighted by Gasteiger charge is 2.26. The Hall–Kier alpha value is -3.36. The molecule has 0 amide bonds. The zero-order chi connectivity index (χ0) is 26.6. The van der Waals surface area contributed by atoms with Crippen LogP contribution < -0.4 is 0 Å². The second-order valence-corrected chi connectivity index (χ2v) is 4.91. The molecule has 13 heteroatoms. The van der Waals surface area contributed by atoms with Gasteiger partial charge >= 0.3 is 23.9 Å². The van der Waals surface area contributed by atoms with Crippen molar-refractivity contribution in [2.45, 2.75) is 0 Å². The number of carboxylic acids is 4. The first-order valence-electron chi connectivity index (χ1n) is 8.26. The first-order valence-corrected chi connectivity index (χ1v) is 8.26. The molecule has 0 aliphatic carbocycles. The van der Waals surface area contributed by atoms with Crippen molar-refractivity contribution in [1.82, 2.24) is 0 Å². The van der Waals surface area contributed by atoms with E-state index in [9.17, 15) is 19.2 Å². The minimum absolute atomic E-state index is 0.406. The Bertz CT molecular complexity index is 457. The molecule has 1 fully saturated rings. The Kier molecular flexibility index (Phi) is 36.5. The van der Waals surface area contributed by atoms with Crippen LogP contribution in [0.15, 0.2) is 50.6 Å². The summed E-state index contributed by atoms with van der Waals surface area (Å²) in [5.74, 6) is -3.93. The minimum atomic E-state index is -1.11. The Morgan fingerprint density at radius 1 is 0.594 bits per heavy atom. The lowest BCUT2D eigenvalue weighted by Crippen LogP contribution is -2.37. The van der Waals surface area contributed by atoms with Crippen LogP contribution in [0.2, 0.25) is 0 Å². The Morgan fingerprint density at radius 2 is 0.719 bits per heavy atom. The number of aliphatic hydroxyl groups is 4. The number of aliphatic carboxylic acids is 4. The lowest BCUT2D eigenvalue weighted by molar-refractivity contribution is -0.132. The van der Waals surface area contributed by atoms with Crippen molar-refractivity contribution >= 4 is 23.9 Å². The molecule has 1 heterocycles. The summed E-state index contributed by atoms with van der Waals surface area (Å²) < 4.78 is 4.50. The fourth-order valence-electron chi connectivity index (χ4n) is 0.300. The number of carboxylic acid groups (broad SMARTS) is 4. The number of epoxide rings is 1. The number of rotatable bonds is 8. The molecular formula is C19H32O13. The van der Waals surface area contributed by atoms with Crippen LogP contribution in [0.4, 0.5) is 0 Å². The van der Waals surface area contributed by atoms with Gasteiger partial charge in [0.25, 0.3) is 0 Å². The number of carbonyl (C=O) groups is 4. The van der Waals surface area contributed by atoms with Gasteiger partial charge in [0.15, 0.2) is 0 Å². The van der Waals surface area contributed by atoms with E-state index < -0.39 is 55.7 Å². The highest BCUT2D eigenvalue weighted by molar-refractivity contribution is 5.79. The molecule has 32 heavy (non-hydrogen) atoms. The van der Waals surface area contributed by atoms with Crippen LogP contribution >= 0.6 is 0 Å². The van der Waals surface area contributed by atoms with E-state index in [4.69, 9.17) is 40.9 Å². The second kappa shape index (κ2) is 29.8. The average molecular weight is 468 g/mol. The van der Waals surface area contributed by atoms with E-state index >= 15 is 0 Å². The van der Waals surface area contributed by atoms with E-state index in [1.54, 1.807) is 0 Å². The van der Waals surface area contributed by atoms with Crippen LogP contribution in [-0.4, -0.2) is 104 Å². The lowest BCUT2D eigenvalue weighted by atomic mass is 9.93. The zero-order valence-electron chi connectivity index (χ0n) is 17.5. The van der Waals surface area contributed by atoms with Crippen molar-refractivity contribution < 1.29 is 64.8 Å². The maximum Gasteiger partial charge on any atom is 0.327 e. The monoisotopic (exact) mass is 468 g/mol. The quantitative estimate of drug-likeness (QED) is 0.157. The molecule has 0 atom stereocenters. The van der Waals surface area contributed by atoms with Crippen LogP contribution in [-0.2, 0) is 23.9 Å². The normalized spacial score (nSPS) is 9.62. The smallest absolute Gasteiger partial charge is 0.327 e. The highest BCUT2D eigenvalue weighted by atomic mass is 16.6. The second-order valence-electron chi connectivity index (χ2n) is 4.91. The van der Waals surface area contributed by atoms with Crippen molar-refractivity contribution in [3.8, 4) is 0 Å². The van der Waals surface area contributed by atoms with Crippen LogP contribution in [0.25, 0.3) is 0 Å². The zero-order valence-corrected chi connectivity index (χ0v) is 17.5. The predicted molar refractivity (Wildman–Crippen MR) is 113 cm³/mol. The Labute approximate surface area is 185 Å². The molecule has 0 unspecified atom stereocenters. The summed E-state index contributed by atoms with van der Waals surface area (Å²) >= 11 is 0. The van der Waals surface area contributed by atoms with Gasteiger partial charge in [0.1, 0.15) is 0 Å². The maximum atomic E-state index is 9.25. The maximum absolute atomic E-state index is 9.25. The van der Waals surface area contributed by atoms with Crippen molar-refractivity contribution in [2.24, 2.45) is 5.41 Å². The summed E-state index contributed by atoms with van der Waals surface area (Å²) in [4.78, 5) is 37.0. The van der Waals surface area contributed by atoms with E-state index in [2.05, 4.69) is 31.1 Å². The van der Waals surface area contributed by atoms with Crippen LogP contribution in [0, 0.1) is 5.41 Å². The fourth-order valence-corrected chi connectivity index (χ4v) is 0.300. The molecule has 8 N–H and O–H groups in total. The van der Waals surface area contributed by atoms with Gasteiger partial charge < -0.3 is 45.6 Å². The van der Waals surface area contributed by atoms with Crippen molar-refractivity contribution in [1.29, 1.82) is 0 Å². The summed E-state index contributed by atoms with van der Waals surface area (Å²) in [7, 11) is 0. The Balaban J connectivity index is -0.0000000939. The molecule has 0 spiro atoms. The number of hydrogen-bond donors (Lipinski definition) is 8. The van der Waals surface area contributed by atoms with E-state index in [0.717, 1.165) is 37.5 Å². The summed E-state index contributed by atoms with van der Waals surface area (Å²) in [6.45, 7) is 12.2. The molecular weight excluding hydrogens is 436 g/mol. The third-order valence-corrected chi connectivity index (χ3v) is 2.24. The first-order chi connectivity index (χ1) is 14.8. The summed E-state index contributed by atoms with van der Waals surface area (Å²) in [5, 5.41) is 64.4. The predicted octanol–water partition coefficient (Wildman–Crippen LogP) is -1.01.